The van der Waals surface area contributed by atoms with Crippen molar-refractivity contribution in [2.24, 2.45) is 0 Å². The van der Waals surface area contributed by atoms with E-state index in [2.05, 4.69) is 20.4 Å². The number of nitrogens with zero attached hydrogens (tertiary/aromatic N) is 4. The van der Waals surface area contributed by atoms with Crippen molar-refractivity contribution in [1.29, 1.82) is 0 Å². The number of aryl methyl sites for hydroxylation is 1. The molecule has 5 aromatic rings. The smallest absolute Gasteiger partial charge is 0.277 e. The normalized spacial score (nSPS) is 11.0. The molecule has 3 aromatic heterocycles. The van der Waals surface area contributed by atoms with Crippen molar-refractivity contribution < 1.29 is 9.32 Å². The van der Waals surface area contributed by atoms with E-state index in [1.165, 1.54) is 0 Å². The van der Waals surface area contributed by atoms with E-state index in [0.717, 1.165) is 22.4 Å². The van der Waals surface area contributed by atoms with Gasteiger partial charge < -0.3 is 9.84 Å². The van der Waals surface area contributed by atoms with Gasteiger partial charge in [-0.1, -0.05) is 47.6 Å². The minimum Gasteiger partial charge on any atom is -0.355 e. The summed E-state index contributed by atoms with van der Waals surface area (Å²) in [5.41, 5.74) is 4.36. The number of amides is 1. The second-order valence-corrected chi connectivity index (χ2v) is 6.88. The lowest BCUT2D eigenvalue weighted by atomic mass is 10.1. The number of fused-ring (bicyclic) bond motifs is 1. The fraction of sp³-hybridized carbons (Fsp3) is 0.0435. The molecule has 7 heteroatoms. The maximum atomic E-state index is 12.7. The molecule has 0 bridgehead atoms. The van der Waals surface area contributed by atoms with Crippen LogP contribution in [0.1, 0.15) is 16.1 Å². The van der Waals surface area contributed by atoms with Gasteiger partial charge in [0.25, 0.3) is 5.91 Å². The lowest BCUT2D eigenvalue weighted by Crippen LogP contribution is -2.13. The van der Waals surface area contributed by atoms with Crippen LogP contribution in [0.4, 0.5) is 5.69 Å². The van der Waals surface area contributed by atoms with Gasteiger partial charge in [0.15, 0.2) is 11.5 Å². The van der Waals surface area contributed by atoms with Gasteiger partial charge in [0.1, 0.15) is 0 Å². The van der Waals surface area contributed by atoms with Crippen molar-refractivity contribution in [3.05, 3.63) is 90.5 Å². The highest BCUT2D eigenvalue weighted by molar-refractivity contribution is 6.04. The standard InChI is InChI=1S/C23H17N5O2/c1-15-8-9-17(20-14-28-11-5-10-24-23(28)26-20)12-18(15)25-22(29)19-13-21(30-27-19)16-6-3-2-4-7-16/h2-14H,1H3,(H,25,29). The average Bonchev–Trinajstić information content (AvgIpc) is 3.43. The molecule has 1 amide bonds. The Balaban J connectivity index is 1.41. The average molecular weight is 395 g/mol. The van der Waals surface area contributed by atoms with Crippen LogP contribution in [0.2, 0.25) is 0 Å². The minimum absolute atomic E-state index is 0.218. The number of hydrogen-bond donors (Lipinski definition) is 1. The topological polar surface area (TPSA) is 85.3 Å². The highest BCUT2D eigenvalue weighted by Crippen LogP contribution is 2.26. The first-order chi connectivity index (χ1) is 14.7. The van der Waals surface area contributed by atoms with Gasteiger partial charge in [0.05, 0.1) is 5.69 Å². The molecule has 0 fully saturated rings. The number of carbonyl (C=O) groups is 1. The van der Waals surface area contributed by atoms with Crippen LogP contribution in [0.3, 0.4) is 0 Å². The maximum absolute atomic E-state index is 12.7. The van der Waals surface area contributed by atoms with E-state index in [9.17, 15) is 4.79 Å². The fourth-order valence-electron chi connectivity index (χ4n) is 3.19. The third kappa shape index (κ3) is 3.33. The summed E-state index contributed by atoms with van der Waals surface area (Å²) in [6, 6.07) is 18.8. The second kappa shape index (κ2) is 7.29. The van der Waals surface area contributed by atoms with Crippen LogP contribution in [0.15, 0.2) is 83.8 Å². The molecule has 5 rings (SSSR count). The zero-order chi connectivity index (χ0) is 20.5. The van der Waals surface area contributed by atoms with Crippen LogP contribution in [0.25, 0.3) is 28.4 Å². The SMILES string of the molecule is Cc1ccc(-c2cn3cccnc3n2)cc1NC(=O)c1cc(-c2ccccc2)on1. The number of nitrogens with one attached hydrogen (secondary N) is 1. The number of anilines is 1. The van der Waals surface area contributed by atoms with Crippen molar-refractivity contribution in [1.82, 2.24) is 19.5 Å². The van der Waals surface area contributed by atoms with Crippen molar-refractivity contribution in [3.63, 3.8) is 0 Å². The van der Waals surface area contributed by atoms with Crippen molar-refractivity contribution in [2.45, 2.75) is 6.92 Å². The van der Waals surface area contributed by atoms with E-state index in [-0.39, 0.29) is 11.6 Å². The number of benzene rings is 2. The molecule has 3 heterocycles. The third-order valence-corrected chi connectivity index (χ3v) is 4.82. The molecule has 2 aromatic carbocycles. The number of hydrogen-bond acceptors (Lipinski definition) is 5. The van der Waals surface area contributed by atoms with Gasteiger partial charge in [0.2, 0.25) is 5.78 Å². The first-order valence-corrected chi connectivity index (χ1v) is 9.41. The van der Waals surface area contributed by atoms with Gasteiger partial charge >= 0.3 is 0 Å². The van der Waals surface area contributed by atoms with E-state index in [1.807, 2.05) is 78.3 Å². The summed E-state index contributed by atoms with van der Waals surface area (Å²) in [5.74, 6) is 0.830. The van der Waals surface area contributed by atoms with Gasteiger partial charge in [-0.2, -0.15) is 0 Å². The Hall–Kier alpha value is -4.26. The third-order valence-electron chi connectivity index (χ3n) is 4.82. The van der Waals surface area contributed by atoms with E-state index < -0.39 is 0 Å². The first-order valence-electron chi connectivity index (χ1n) is 9.41. The maximum Gasteiger partial charge on any atom is 0.277 e. The summed E-state index contributed by atoms with van der Waals surface area (Å²) < 4.78 is 7.19. The number of imidazole rings is 1. The van der Waals surface area contributed by atoms with E-state index >= 15 is 0 Å². The van der Waals surface area contributed by atoms with Crippen LogP contribution in [0.5, 0.6) is 0 Å². The number of carbonyl (C=O) groups excluding carboxylic acids is 1. The highest BCUT2D eigenvalue weighted by Gasteiger charge is 2.15. The van der Waals surface area contributed by atoms with Crippen molar-refractivity contribution in [2.75, 3.05) is 5.32 Å². The summed E-state index contributed by atoms with van der Waals surface area (Å²) in [7, 11) is 0. The zero-order valence-corrected chi connectivity index (χ0v) is 16.1. The van der Waals surface area contributed by atoms with Gasteiger partial charge in [-0.25, -0.2) is 9.97 Å². The Morgan fingerprint density at radius 1 is 1.03 bits per heavy atom. The number of rotatable bonds is 4. The molecule has 0 saturated carbocycles. The van der Waals surface area contributed by atoms with E-state index in [0.29, 0.717) is 17.2 Å². The summed E-state index contributed by atoms with van der Waals surface area (Å²) in [6.07, 6.45) is 5.50. The first kappa shape index (κ1) is 17.8. The van der Waals surface area contributed by atoms with Crippen LogP contribution in [0, 0.1) is 6.92 Å². The molecular weight excluding hydrogens is 378 g/mol. The summed E-state index contributed by atoms with van der Waals surface area (Å²) in [5, 5.41) is 6.84. The van der Waals surface area contributed by atoms with Crippen LogP contribution in [-0.4, -0.2) is 25.4 Å². The molecule has 0 spiro atoms. The predicted molar refractivity (Wildman–Crippen MR) is 113 cm³/mol. The molecule has 0 radical (unpaired) electrons. The molecule has 0 aliphatic carbocycles. The predicted octanol–water partition coefficient (Wildman–Crippen LogP) is 4.61. The fourth-order valence-corrected chi connectivity index (χ4v) is 3.19. The molecule has 0 unspecified atom stereocenters. The molecule has 0 aliphatic rings. The monoisotopic (exact) mass is 395 g/mol. The molecule has 30 heavy (non-hydrogen) atoms. The Labute approximate surface area is 172 Å². The Bertz CT molecular complexity index is 1320. The zero-order valence-electron chi connectivity index (χ0n) is 16.1. The van der Waals surface area contributed by atoms with Crippen molar-refractivity contribution >= 4 is 17.4 Å². The largest absolute Gasteiger partial charge is 0.355 e. The lowest BCUT2D eigenvalue weighted by molar-refractivity contribution is 0.101. The summed E-state index contributed by atoms with van der Waals surface area (Å²) in [6.45, 7) is 1.93. The van der Waals surface area contributed by atoms with Crippen LogP contribution in [-0.2, 0) is 0 Å². The molecule has 0 aliphatic heterocycles. The second-order valence-electron chi connectivity index (χ2n) is 6.88. The Kier molecular flexibility index (Phi) is 4.33. The highest BCUT2D eigenvalue weighted by atomic mass is 16.5. The Morgan fingerprint density at radius 2 is 1.90 bits per heavy atom. The van der Waals surface area contributed by atoms with Gasteiger partial charge in [0, 0.05) is 41.5 Å². The van der Waals surface area contributed by atoms with Gasteiger partial charge in [-0.15, -0.1) is 0 Å². The molecule has 0 atom stereocenters. The molecular formula is C23H17N5O2. The number of aromatic nitrogens is 4. The van der Waals surface area contributed by atoms with Gasteiger partial charge in [-0.3, -0.25) is 9.20 Å². The van der Waals surface area contributed by atoms with Crippen molar-refractivity contribution in [3.8, 4) is 22.6 Å². The van der Waals surface area contributed by atoms with Crippen LogP contribution < -0.4 is 5.32 Å². The minimum atomic E-state index is -0.335. The van der Waals surface area contributed by atoms with E-state index in [4.69, 9.17) is 4.52 Å². The quantitative estimate of drug-likeness (QED) is 0.480. The molecule has 1 N–H and O–H groups in total. The summed E-state index contributed by atoms with van der Waals surface area (Å²) >= 11 is 0. The molecule has 0 saturated heterocycles. The Morgan fingerprint density at radius 3 is 2.73 bits per heavy atom. The van der Waals surface area contributed by atoms with Gasteiger partial charge in [-0.05, 0) is 24.6 Å². The molecule has 7 nitrogen and oxygen atoms in total. The molecule has 146 valence electrons. The van der Waals surface area contributed by atoms with Crippen LogP contribution >= 0.6 is 0 Å². The van der Waals surface area contributed by atoms with E-state index in [1.54, 1.807) is 12.3 Å². The summed E-state index contributed by atoms with van der Waals surface area (Å²) in [4.78, 5) is 21.5. The lowest BCUT2D eigenvalue weighted by Gasteiger charge is -2.08.